The first-order chi connectivity index (χ1) is 21.6. The van der Waals surface area contributed by atoms with Gasteiger partial charge in [0.15, 0.2) is 0 Å². The molecule has 2 aliphatic rings. The Morgan fingerprint density at radius 3 is 2.52 bits per heavy atom. The fourth-order valence-electron chi connectivity index (χ4n) is 7.97. The molecule has 44 heavy (non-hydrogen) atoms. The van der Waals surface area contributed by atoms with Crippen molar-refractivity contribution in [3.8, 4) is 11.1 Å². The number of hydrogen-bond donors (Lipinski definition) is 0. The van der Waals surface area contributed by atoms with Crippen LogP contribution in [0.15, 0.2) is 125 Å². The Morgan fingerprint density at radius 1 is 0.750 bits per heavy atom. The average Bonchev–Trinajstić information content (AvgIpc) is 3.79. The van der Waals surface area contributed by atoms with E-state index < -0.39 is 0 Å². The maximum Gasteiger partial charge on any atom is 0.145 e. The van der Waals surface area contributed by atoms with Gasteiger partial charge in [-0.2, -0.15) is 0 Å². The summed E-state index contributed by atoms with van der Waals surface area (Å²) in [4.78, 5) is 5.39. The van der Waals surface area contributed by atoms with E-state index >= 15 is 0 Å². The van der Waals surface area contributed by atoms with Crippen molar-refractivity contribution in [3.63, 3.8) is 0 Å². The Bertz CT molecular complexity index is 2820. The quantitative estimate of drug-likeness (QED) is 0.190. The zero-order valence-corrected chi connectivity index (χ0v) is 24.7. The van der Waals surface area contributed by atoms with Crippen molar-refractivity contribution in [2.24, 2.45) is 10.4 Å². The van der Waals surface area contributed by atoms with E-state index in [1.165, 1.54) is 53.2 Å². The lowest BCUT2D eigenvalue weighted by Gasteiger charge is -2.31. The topological polar surface area (TPSA) is 29.9 Å². The van der Waals surface area contributed by atoms with E-state index in [-0.39, 0.29) is 5.41 Å². The number of para-hydroxylation sites is 1. The molecule has 1 aliphatic carbocycles. The van der Waals surface area contributed by atoms with Crippen LogP contribution in [-0.2, 0) is 6.42 Å². The maximum absolute atomic E-state index is 6.65. The third-order valence-corrected chi connectivity index (χ3v) is 11.2. The predicted octanol–water partition coefficient (Wildman–Crippen LogP) is 11.4. The van der Waals surface area contributed by atoms with Crippen LogP contribution >= 0.6 is 11.3 Å². The number of benzene rings is 5. The highest BCUT2D eigenvalue weighted by atomic mass is 32.1. The van der Waals surface area contributed by atoms with E-state index in [9.17, 15) is 0 Å². The van der Waals surface area contributed by atoms with Crippen molar-refractivity contribution in [1.29, 1.82) is 0 Å². The number of furan rings is 1. The first-order valence-electron chi connectivity index (χ1n) is 15.2. The molecule has 0 fully saturated rings. The smallest absolute Gasteiger partial charge is 0.145 e. The SMILES string of the molecule is CC12C=CC=CC1=Nc1c(c3cc(-c4ccc5sc6ccccc6c5c4)cc4c5c6oc7ccccc7c6ccc5n1c34)C2. The largest absolute Gasteiger partial charge is 0.455 e. The van der Waals surface area contributed by atoms with Gasteiger partial charge in [-0.05, 0) is 72.2 Å². The third kappa shape index (κ3) is 2.80. The van der Waals surface area contributed by atoms with Crippen molar-refractivity contribution in [3.05, 3.63) is 121 Å². The van der Waals surface area contributed by atoms with Gasteiger partial charge in [0.2, 0.25) is 0 Å². The molecule has 9 aromatic rings. The number of allylic oxidation sites excluding steroid dienone is 4. The molecule has 3 nitrogen and oxygen atoms in total. The molecule has 0 N–H and O–H groups in total. The number of hydrogen-bond acceptors (Lipinski definition) is 3. The summed E-state index contributed by atoms with van der Waals surface area (Å²) in [6.45, 7) is 2.32. The van der Waals surface area contributed by atoms with Gasteiger partial charge >= 0.3 is 0 Å². The Balaban J connectivity index is 1.30. The van der Waals surface area contributed by atoms with Gasteiger partial charge in [-0.3, -0.25) is 4.40 Å². The van der Waals surface area contributed by atoms with Gasteiger partial charge in [0.25, 0.3) is 0 Å². The zero-order chi connectivity index (χ0) is 28.7. The van der Waals surface area contributed by atoms with Gasteiger partial charge in [0.1, 0.15) is 17.0 Å². The molecule has 206 valence electrons. The molecule has 0 saturated carbocycles. The van der Waals surface area contributed by atoms with Crippen molar-refractivity contribution >= 4 is 92.2 Å². The van der Waals surface area contributed by atoms with Crippen molar-refractivity contribution < 1.29 is 4.42 Å². The summed E-state index contributed by atoms with van der Waals surface area (Å²) in [6.07, 6.45) is 9.69. The van der Waals surface area contributed by atoms with Crippen LogP contribution in [0.5, 0.6) is 0 Å². The summed E-state index contributed by atoms with van der Waals surface area (Å²) in [5.74, 6) is 1.05. The molecule has 0 amide bonds. The van der Waals surface area contributed by atoms with Crippen LogP contribution in [0.25, 0.3) is 80.4 Å². The minimum atomic E-state index is -0.115. The van der Waals surface area contributed by atoms with Gasteiger partial charge in [0, 0.05) is 52.7 Å². The van der Waals surface area contributed by atoms with Gasteiger partial charge in [-0.25, -0.2) is 4.99 Å². The molecule has 1 aliphatic heterocycles. The monoisotopic (exact) mass is 580 g/mol. The Kier molecular flexibility index (Phi) is 4.15. The van der Waals surface area contributed by atoms with E-state index in [4.69, 9.17) is 9.41 Å². The van der Waals surface area contributed by atoms with Crippen LogP contribution in [-0.4, -0.2) is 10.1 Å². The van der Waals surface area contributed by atoms with Gasteiger partial charge in [-0.1, -0.05) is 67.6 Å². The van der Waals surface area contributed by atoms with E-state index in [0.717, 1.165) is 50.8 Å². The second-order valence-electron chi connectivity index (χ2n) is 12.6. The molecule has 1 unspecified atom stereocenters. The Labute approximate surface area is 256 Å². The molecular formula is C40H24N2OS. The van der Waals surface area contributed by atoms with E-state index in [1.807, 2.05) is 17.4 Å². The number of aliphatic imine (C=N–C) groups is 1. The third-order valence-electron chi connectivity index (χ3n) is 10.1. The van der Waals surface area contributed by atoms with Gasteiger partial charge < -0.3 is 4.42 Å². The second kappa shape index (κ2) is 7.85. The van der Waals surface area contributed by atoms with Crippen LogP contribution in [0.1, 0.15) is 12.5 Å². The lowest BCUT2D eigenvalue weighted by atomic mass is 9.75. The number of thiophene rings is 1. The first kappa shape index (κ1) is 23.3. The molecule has 4 aromatic heterocycles. The Hall–Kier alpha value is -5.19. The van der Waals surface area contributed by atoms with Crippen LogP contribution < -0.4 is 0 Å². The van der Waals surface area contributed by atoms with Crippen molar-refractivity contribution in [1.82, 2.24) is 4.40 Å². The van der Waals surface area contributed by atoms with Crippen molar-refractivity contribution in [2.75, 3.05) is 0 Å². The van der Waals surface area contributed by atoms with E-state index in [0.29, 0.717) is 0 Å². The van der Waals surface area contributed by atoms with Crippen LogP contribution in [0, 0.1) is 5.41 Å². The molecule has 1 atom stereocenters. The fraction of sp³-hybridized carbons (Fsp3) is 0.0750. The molecule has 0 bridgehead atoms. The highest BCUT2D eigenvalue weighted by molar-refractivity contribution is 7.25. The standard InChI is InChI=1S/C40H24N2OS/c1-40-17-7-6-12-35(40)41-39-30(21-40)28-19-23(22-13-16-34-27(18-22)25-9-3-5-11-33(25)44-34)20-29-36-31(42(39)37(28)29)15-14-26-24-8-2-4-10-32(24)43-38(26)36/h2-20H,21H2,1H3. The summed E-state index contributed by atoms with van der Waals surface area (Å²) in [5.41, 5.74) is 9.06. The molecular weight excluding hydrogens is 557 g/mol. The number of aromatic nitrogens is 1. The van der Waals surface area contributed by atoms with Crippen LogP contribution in [0.4, 0.5) is 5.82 Å². The van der Waals surface area contributed by atoms with Gasteiger partial charge in [-0.15, -0.1) is 11.3 Å². The predicted molar refractivity (Wildman–Crippen MR) is 186 cm³/mol. The zero-order valence-electron chi connectivity index (χ0n) is 23.9. The number of fused-ring (bicyclic) bond motifs is 14. The highest BCUT2D eigenvalue weighted by Gasteiger charge is 2.36. The van der Waals surface area contributed by atoms with Crippen molar-refractivity contribution in [2.45, 2.75) is 13.3 Å². The second-order valence-corrected chi connectivity index (χ2v) is 13.7. The number of nitrogens with zero attached hydrogens (tertiary/aromatic N) is 2. The highest BCUT2D eigenvalue weighted by Crippen LogP contribution is 2.50. The lowest BCUT2D eigenvalue weighted by molar-refractivity contribution is 0.586. The molecule has 5 heterocycles. The molecule has 4 heteroatoms. The van der Waals surface area contributed by atoms with E-state index in [2.05, 4.69) is 121 Å². The minimum Gasteiger partial charge on any atom is -0.455 e. The van der Waals surface area contributed by atoms with Crippen LogP contribution in [0.3, 0.4) is 0 Å². The Morgan fingerprint density at radius 2 is 1.57 bits per heavy atom. The first-order valence-corrected chi connectivity index (χ1v) is 16.0. The lowest BCUT2D eigenvalue weighted by Crippen LogP contribution is -2.30. The normalized spacial score (nSPS) is 18.1. The summed E-state index contributed by atoms with van der Waals surface area (Å²) in [7, 11) is 0. The fourth-order valence-corrected chi connectivity index (χ4v) is 9.05. The summed E-state index contributed by atoms with van der Waals surface area (Å²) in [6, 6.07) is 33.4. The number of rotatable bonds is 1. The average molecular weight is 581 g/mol. The molecule has 11 rings (SSSR count). The summed E-state index contributed by atoms with van der Waals surface area (Å²) < 4.78 is 11.7. The molecule has 0 saturated heterocycles. The summed E-state index contributed by atoms with van der Waals surface area (Å²) >= 11 is 1.87. The maximum atomic E-state index is 6.65. The van der Waals surface area contributed by atoms with Gasteiger partial charge in [0.05, 0.1) is 22.1 Å². The minimum absolute atomic E-state index is 0.115. The molecule has 0 radical (unpaired) electrons. The molecule has 0 spiro atoms. The summed E-state index contributed by atoms with van der Waals surface area (Å²) in [5, 5.41) is 8.63. The van der Waals surface area contributed by atoms with E-state index in [1.54, 1.807) is 0 Å². The molecule has 5 aromatic carbocycles. The van der Waals surface area contributed by atoms with Crippen LogP contribution in [0.2, 0.25) is 0 Å².